The fourth-order valence-corrected chi connectivity index (χ4v) is 4.70. The van der Waals surface area contributed by atoms with Crippen LogP contribution in [0.4, 0.5) is 0 Å². The molecule has 1 heterocycles. The zero-order valence-corrected chi connectivity index (χ0v) is 13.8. The highest BCUT2D eigenvalue weighted by Crippen LogP contribution is 2.33. The van der Waals surface area contributed by atoms with Gasteiger partial charge in [0.25, 0.3) is 0 Å². The Morgan fingerprint density at radius 1 is 1.30 bits per heavy atom. The van der Waals surface area contributed by atoms with E-state index in [9.17, 15) is 5.11 Å². The van der Waals surface area contributed by atoms with E-state index < -0.39 is 5.72 Å². The van der Waals surface area contributed by atoms with Crippen LogP contribution in [0.1, 0.15) is 56.4 Å². The molecule has 3 N–H and O–H groups in total. The fourth-order valence-electron chi connectivity index (χ4n) is 2.81. The summed E-state index contributed by atoms with van der Waals surface area (Å²) in [7, 11) is 0. The maximum atomic E-state index is 10.4. The molecule has 1 unspecified atom stereocenters. The lowest BCUT2D eigenvalue weighted by Gasteiger charge is -2.35. The van der Waals surface area contributed by atoms with E-state index in [1.807, 2.05) is 6.92 Å². The summed E-state index contributed by atoms with van der Waals surface area (Å²) in [4.78, 5) is 0. The van der Waals surface area contributed by atoms with Crippen LogP contribution in [-0.2, 0) is 0 Å². The summed E-state index contributed by atoms with van der Waals surface area (Å²) in [5, 5.41) is 19.5. The second kappa shape index (κ2) is 7.73. The normalized spacial score (nSPS) is 19.9. The first kappa shape index (κ1) is 16.2. The number of rotatable bonds is 7. The summed E-state index contributed by atoms with van der Waals surface area (Å²) in [6.45, 7) is 1.97. The maximum Gasteiger partial charge on any atom is 0.174 e. The number of hydrogen-bond acceptors (Lipinski definition) is 6. The summed E-state index contributed by atoms with van der Waals surface area (Å²) in [6, 6.07) is 0. The van der Waals surface area contributed by atoms with Crippen LogP contribution in [0.25, 0.3) is 0 Å². The SMILES string of the molecule is Cc1nnc(SCCCCC(N)(O)C2CCCCC2)s1. The molecule has 0 aromatic carbocycles. The molecule has 0 saturated heterocycles. The van der Waals surface area contributed by atoms with Gasteiger partial charge in [0.1, 0.15) is 10.7 Å². The van der Waals surface area contributed by atoms with Crippen molar-refractivity contribution >= 4 is 23.1 Å². The van der Waals surface area contributed by atoms with Crippen molar-refractivity contribution in [1.82, 2.24) is 10.2 Å². The Kier molecular flexibility index (Phi) is 6.26. The molecule has 114 valence electrons. The average Bonchev–Trinajstić information content (AvgIpc) is 2.85. The minimum Gasteiger partial charge on any atom is -0.376 e. The van der Waals surface area contributed by atoms with Crippen LogP contribution in [-0.4, -0.2) is 26.8 Å². The van der Waals surface area contributed by atoms with E-state index in [0.717, 1.165) is 40.8 Å². The summed E-state index contributed by atoms with van der Waals surface area (Å²) in [5.41, 5.74) is 5.16. The van der Waals surface area contributed by atoms with Crippen molar-refractivity contribution in [3.8, 4) is 0 Å². The monoisotopic (exact) mass is 315 g/mol. The van der Waals surface area contributed by atoms with Gasteiger partial charge in [0, 0.05) is 11.7 Å². The number of aliphatic hydroxyl groups is 1. The third-order valence-electron chi connectivity index (χ3n) is 4.02. The summed E-state index contributed by atoms with van der Waals surface area (Å²) in [6.07, 6.45) is 8.67. The second-order valence-electron chi connectivity index (χ2n) is 5.72. The molecule has 4 nitrogen and oxygen atoms in total. The Balaban J connectivity index is 1.62. The Bertz CT molecular complexity index is 403. The van der Waals surface area contributed by atoms with E-state index in [4.69, 9.17) is 5.73 Å². The van der Waals surface area contributed by atoms with E-state index in [-0.39, 0.29) is 0 Å². The second-order valence-corrected chi connectivity index (χ2v) is 8.24. The van der Waals surface area contributed by atoms with Gasteiger partial charge >= 0.3 is 0 Å². The topological polar surface area (TPSA) is 72.0 Å². The molecule has 20 heavy (non-hydrogen) atoms. The third kappa shape index (κ3) is 4.98. The lowest BCUT2D eigenvalue weighted by molar-refractivity contribution is -0.0362. The molecule has 6 heteroatoms. The number of aromatic nitrogens is 2. The predicted octanol–water partition coefficient (Wildman–Crippen LogP) is 3.34. The first-order valence-corrected chi connectivity index (χ1v) is 9.32. The molecule has 1 fully saturated rings. The van der Waals surface area contributed by atoms with Gasteiger partial charge in [-0.25, -0.2) is 0 Å². The molecule has 1 saturated carbocycles. The zero-order valence-electron chi connectivity index (χ0n) is 12.2. The number of nitrogens with zero attached hydrogens (tertiary/aromatic N) is 2. The fraction of sp³-hybridized carbons (Fsp3) is 0.857. The van der Waals surface area contributed by atoms with Gasteiger partial charge in [0.15, 0.2) is 4.34 Å². The first-order chi connectivity index (χ1) is 9.58. The predicted molar refractivity (Wildman–Crippen MR) is 84.9 cm³/mol. The highest BCUT2D eigenvalue weighted by atomic mass is 32.2. The van der Waals surface area contributed by atoms with E-state index in [0.29, 0.717) is 12.3 Å². The maximum absolute atomic E-state index is 10.4. The van der Waals surface area contributed by atoms with E-state index in [1.54, 1.807) is 23.1 Å². The number of aryl methyl sites for hydroxylation is 1. The van der Waals surface area contributed by atoms with Gasteiger partial charge in [-0.2, -0.15) is 0 Å². The van der Waals surface area contributed by atoms with Gasteiger partial charge < -0.3 is 10.8 Å². The first-order valence-electron chi connectivity index (χ1n) is 7.52. The van der Waals surface area contributed by atoms with Gasteiger partial charge in [-0.05, 0) is 39.0 Å². The highest BCUT2D eigenvalue weighted by molar-refractivity contribution is 8.01. The Hall–Kier alpha value is -0.170. The van der Waals surface area contributed by atoms with E-state index >= 15 is 0 Å². The third-order valence-corrected chi connectivity index (χ3v) is 6.08. The summed E-state index contributed by atoms with van der Waals surface area (Å²) >= 11 is 3.39. The van der Waals surface area contributed by atoms with Crippen molar-refractivity contribution in [1.29, 1.82) is 0 Å². The van der Waals surface area contributed by atoms with Gasteiger partial charge in [0.2, 0.25) is 0 Å². The molecule has 0 bridgehead atoms. The van der Waals surface area contributed by atoms with Crippen molar-refractivity contribution in [2.45, 2.75) is 68.4 Å². The standard InChI is InChI=1S/C14H25N3OS2/c1-11-16-17-13(20-11)19-10-6-5-9-14(15,18)12-7-3-2-4-8-12/h12,18H,2-10,15H2,1H3. The van der Waals surface area contributed by atoms with Gasteiger partial charge in [0.05, 0.1) is 0 Å². The molecule has 1 atom stereocenters. The van der Waals surface area contributed by atoms with Crippen LogP contribution in [0.3, 0.4) is 0 Å². The lowest BCUT2D eigenvalue weighted by Crippen LogP contribution is -2.47. The Morgan fingerprint density at radius 2 is 2.05 bits per heavy atom. The molecular formula is C14H25N3OS2. The Labute approximate surface area is 129 Å². The van der Waals surface area contributed by atoms with Gasteiger partial charge in [-0.1, -0.05) is 42.4 Å². The van der Waals surface area contributed by atoms with E-state index in [1.165, 1.54) is 19.3 Å². The molecule has 1 aromatic rings. The number of thioether (sulfide) groups is 1. The van der Waals surface area contributed by atoms with Crippen molar-refractivity contribution < 1.29 is 5.11 Å². The lowest BCUT2D eigenvalue weighted by atomic mass is 9.80. The molecule has 0 spiro atoms. The minimum atomic E-state index is -0.954. The molecule has 0 amide bonds. The van der Waals surface area contributed by atoms with Gasteiger partial charge in [-0.15, -0.1) is 10.2 Å². The van der Waals surface area contributed by atoms with Crippen LogP contribution in [0.15, 0.2) is 4.34 Å². The summed E-state index contributed by atoms with van der Waals surface area (Å²) < 4.78 is 1.04. The quantitative estimate of drug-likeness (QED) is 0.459. The molecule has 1 aliphatic rings. The number of unbranched alkanes of at least 4 members (excludes halogenated alkanes) is 1. The summed E-state index contributed by atoms with van der Waals surface area (Å²) in [5.74, 6) is 1.32. The highest BCUT2D eigenvalue weighted by Gasteiger charge is 2.32. The van der Waals surface area contributed by atoms with E-state index in [2.05, 4.69) is 10.2 Å². The molecule has 1 aliphatic carbocycles. The molecule has 0 aliphatic heterocycles. The molecule has 1 aromatic heterocycles. The molecule has 0 radical (unpaired) electrons. The Morgan fingerprint density at radius 3 is 2.70 bits per heavy atom. The van der Waals surface area contributed by atoms with Crippen LogP contribution in [0, 0.1) is 12.8 Å². The molecular weight excluding hydrogens is 290 g/mol. The molecule has 2 rings (SSSR count). The van der Waals surface area contributed by atoms with Crippen molar-refractivity contribution in [3.63, 3.8) is 0 Å². The van der Waals surface area contributed by atoms with Crippen molar-refractivity contribution in [3.05, 3.63) is 5.01 Å². The minimum absolute atomic E-state index is 0.301. The van der Waals surface area contributed by atoms with Crippen molar-refractivity contribution in [2.75, 3.05) is 5.75 Å². The van der Waals surface area contributed by atoms with Crippen LogP contribution < -0.4 is 5.73 Å². The largest absolute Gasteiger partial charge is 0.376 e. The van der Waals surface area contributed by atoms with Crippen molar-refractivity contribution in [2.24, 2.45) is 11.7 Å². The van der Waals surface area contributed by atoms with Gasteiger partial charge in [-0.3, -0.25) is 0 Å². The zero-order chi connectivity index (χ0) is 14.4. The smallest absolute Gasteiger partial charge is 0.174 e. The number of hydrogen-bond donors (Lipinski definition) is 2. The average molecular weight is 316 g/mol. The van der Waals surface area contributed by atoms with Crippen LogP contribution in [0.5, 0.6) is 0 Å². The number of nitrogens with two attached hydrogens (primary N) is 1. The van der Waals surface area contributed by atoms with Crippen LogP contribution >= 0.6 is 23.1 Å². The van der Waals surface area contributed by atoms with Crippen LogP contribution in [0.2, 0.25) is 0 Å².